The van der Waals surface area contributed by atoms with Gasteiger partial charge < -0.3 is 0 Å². The first-order valence-corrected chi connectivity index (χ1v) is 7.27. The summed E-state index contributed by atoms with van der Waals surface area (Å²) in [4.78, 5) is 14.4. The molecule has 0 amide bonds. The summed E-state index contributed by atoms with van der Waals surface area (Å²) >= 11 is 0. The van der Waals surface area contributed by atoms with Crippen LogP contribution in [-0.4, -0.2) is 37.1 Å². The molecule has 1 aromatic carbocycles. The highest BCUT2D eigenvalue weighted by Crippen LogP contribution is 2.18. The van der Waals surface area contributed by atoms with Gasteiger partial charge in [-0.1, -0.05) is 12.1 Å². The summed E-state index contributed by atoms with van der Waals surface area (Å²) < 4.78 is 22.5. The fraction of sp³-hybridized carbons (Fsp3) is 0.364. The van der Waals surface area contributed by atoms with Crippen molar-refractivity contribution in [2.75, 3.05) is 11.5 Å². The molecule has 0 saturated carbocycles. The first-order valence-electron chi connectivity index (χ1n) is 5.45. The van der Waals surface area contributed by atoms with Crippen LogP contribution in [0.25, 0.3) is 0 Å². The highest BCUT2D eigenvalue weighted by molar-refractivity contribution is 7.91. The number of sulfone groups is 1. The topological polar surface area (TPSA) is 89.6 Å². The number of hydrogen-bond acceptors (Lipinski definition) is 5. The Kier molecular flexibility index (Phi) is 3.42. The minimum absolute atomic E-state index is 0.0258. The van der Waals surface area contributed by atoms with E-state index in [-0.39, 0.29) is 23.2 Å². The Balaban J connectivity index is 2.17. The van der Waals surface area contributed by atoms with Crippen molar-refractivity contribution >= 4 is 21.7 Å². The fourth-order valence-corrected chi connectivity index (χ4v) is 3.48. The highest BCUT2D eigenvalue weighted by Gasteiger charge is 2.27. The standard InChI is InChI=1S/C11H12N2O4S/c14-13(15)11-4-2-1-3-9(11)7-12-10-5-6-18(16,17)8-10/h1-4,7,10H,5-6,8H2/t10-/m0/s1. The number of benzene rings is 1. The molecule has 1 heterocycles. The average molecular weight is 268 g/mol. The molecular weight excluding hydrogens is 256 g/mol. The largest absolute Gasteiger partial charge is 0.288 e. The zero-order valence-electron chi connectivity index (χ0n) is 9.52. The van der Waals surface area contributed by atoms with Crippen molar-refractivity contribution < 1.29 is 13.3 Å². The molecule has 7 heteroatoms. The molecule has 18 heavy (non-hydrogen) atoms. The second kappa shape index (κ2) is 4.85. The summed E-state index contributed by atoms with van der Waals surface area (Å²) in [5, 5.41) is 10.8. The SMILES string of the molecule is O=[N+]([O-])c1ccccc1C=N[C@H]1CCS(=O)(=O)C1. The first kappa shape index (κ1) is 12.7. The predicted octanol–water partition coefficient (Wildman–Crippen LogP) is 1.20. The van der Waals surface area contributed by atoms with Crippen molar-refractivity contribution in [3.05, 3.63) is 39.9 Å². The fourth-order valence-electron chi connectivity index (χ4n) is 1.84. The number of rotatable bonds is 3. The molecule has 0 spiro atoms. The van der Waals surface area contributed by atoms with Gasteiger partial charge in [-0.15, -0.1) is 0 Å². The molecule has 0 aromatic heterocycles. The van der Waals surface area contributed by atoms with Crippen LogP contribution in [-0.2, 0) is 9.84 Å². The van der Waals surface area contributed by atoms with Crippen LogP contribution in [0, 0.1) is 10.1 Å². The quantitative estimate of drug-likeness (QED) is 0.468. The molecule has 6 nitrogen and oxygen atoms in total. The van der Waals surface area contributed by atoms with E-state index in [2.05, 4.69) is 4.99 Å². The lowest BCUT2D eigenvalue weighted by molar-refractivity contribution is -0.385. The number of para-hydroxylation sites is 1. The molecule has 0 bridgehead atoms. The molecule has 0 N–H and O–H groups in total. The molecular formula is C11H12N2O4S. The van der Waals surface area contributed by atoms with Gasteiger partial charge in [0.15, 0.2) is 9.84 Å². The van der Waals surface area contributed by atoms with Crippen molar-refractivity contribution in [2.24, 2.45) is 4.99 Å². The Morgan fingerprint density at radius 2 is 2.11 bits per heavy atom. The number of nitro benzene ring substituents is 1. The zero-order valence-corrected chi connectivity index (χ0v) is 10.3. The second-order valence-electron chi connectivity index (χ2n) is 4.15. The molecule has 1 aromatic rings. The summed E-state index contributed by atoms with van der Waals surface area (Å²) in [6, 6.07) is 5.96. The van der Waals surface area contributed by atoms with Gasteiger partial charge in [0, 0.05) is 12.3 Å². The number of nitrogens with zero attached hydrogens (tertiary/aromatic N) is 2. The van der Waals surface area contributed by atoms with Gasteiger partial charge in [0.25, 0.3) is 5.69 Å². The Morgan fingerprint density at radius 3 is 2.72 bits per heavy atom. The summed E-state index contributed by atoms with van der Waals surface area (Å²) in [6.07, 6.45) is 1.88. The van der Waals surface area contributed by atoms with Crippen LogP contribution in [0.1, 0.15) is 12.0 Å². The lowest BCUT2D eigenvalue weighted by Crippen LogP contribution is -2.08. The minimum atomic E-state index is -2.97. The second-order valence-corrected chi connectivity index (χ2v) is 6.38. The Bertz CT molecular complexity index is 595. The summed E-state index contributed by atoms with van der Waals surface area (Å²) in [5.41, 5.74) is 0.369. The highest BCUT2D eigenvalue weighted by atomic mass is 32.2. The van der Waals surface area contributed by atoms with E-state index in [0.717, 1.165) is 0 Å². The van der Waals surface area contributed by atoms with Gasteiger partial charge in [0.2, 0.25) is 0 Å². The van der Waals surface area contributed by atoms with Crippen LogP contribution in [0.15, 0.2) is 29.3 Å². The van der Waals surface area contributed by atoms with Gasteiger partial charge in [0.05, 0.1) is 28.0 Å². The normalized spacial score (nSPS) is 22.3. The summed E-state index contributed by atoms with van der Waals surface area (Å²) in [6.45, 7) is 0. The van der Waals surface area contributed by atoms with Crippen molar-refractivity contribution in [1.29, 1.82) is 0 Å². The molecule has 1 atom stereocenters. The van der Waals surface area contributed by atoms with Gasteiger partial charge in [-0.2, -0.15) is 0 Å². The maximum Gasteiger partial charge on any atom is 0.278 e. The van der Waals surface area contributed by atoms with Gasteiger partial charge in [-0.3, -0.25) is 15.1 Å². The lowest BCUT2D eigenvalue weighted by Gasteiger charge is -2.00. The molecule has 1 saturated heterocycles. The molecule has 96 valence electrons. The molecule has 0 unspecified atom stereocenters. The lowest BCUT2D eigenvalue weighted by atomic mass is 10.2. The minimum Gasteiger partial charge on any atom is -0.288 e. The molecule has 1 fully saturated rings. The molecule has 1 aliphatic rings. The third-order valence-corrected chi connectivity index (χ3v) is 4.52. The maximum atomic E-state index is 11.2. The molecule has 1 aliphatic heterocycles. The maximum absolute atomic E-state index is 11.2. The zero-order chi connectivity index (χ0) is 13.2. The van der Waals surface area contributed by atoms with Crippen LogP contribution < -0.4 is 0 Å². The Labute approximate surface area is 104 Å². The van der Waals surface area contributed by atoms with Crippen molar-refractivity contribution in [3.8, 4) is 0 Å². The van der Waals surface area contributed by atoms with E-state index < -0.39 is 14.8 Å². The van der Waals surface area contributed by atoms with E-state index in [1.807, 2.05) is 0 Å². The third kappa shape index (κ3) is 2.92. The van der Waals surface area contributed by atoms with Crippen molar-refractivity contribution in [1.82, 2.24) is 0 Å². The Morgan fingerprint density at radius 1 is 1.39 bits per heavy atom. The van der Waals surface area contributed by atoms with E-state index in [1.165, 1.54) is 12.3 Å². The first-order chi connectivity index (χ1) is 8.48. The van der Waals surface area contributed by atoms with Crippen LogP contribution in [0.4, 0.5) is 5.69 Å². The predicted molar refractivity (Wildman–Crippen MR) is 67.7 cm³/mol. The number of nitro groups is 1. The molecule has 2 rings (SSSR count). The Hall–Kier alpha value is -1.76. The van der Waals surface area contributed by atoms with Crippen molar-refractivity contribution in [3.63, 3.8) is 0 Å². The van der Waals surface area contributed by atoms with Gasteiger partial charge >= 0.3 is 0 Å². The molecule has 0 aliphatic carbocycles. The van der Waals surface area contributed by atoms with Gasteiger partial charge in [-0.25, -0.2) is 8.42 Å². The third-order valence-electron chi connectivity index (χ3n) is 2.77. The van der Waals surface area contributed by atoms with Gasteiger partial charge in [-0.05, 0) is 12.5 Å². The van der Waals surface area contributed by atoms with Crippen LogP contribution in [0.3, 0.4) is 0 Å². The van der Waals surface area contributed by atoms with E-state index in [4.69, 9.17) is 0 Å². The van der Waals surface area contributed by atoms with Gasteiger partial charge in [0.1, 0.15) is 0 Å². The summed E-state index contributed by atoms with van der Waals surface area (Å²) in [7, 11) is -2.97. The van der Waals surface area contributed by atoms with E-state index in [0.29, 0.717) is 12.0 Å². The van der Waals surface area contributed by atoms with Crippen molar-refractivity contribution in [2.45, 2.75) is 12.5 Å². The summed E-state index contributed by atoms with van der Waals surface area (Å²) in [5.74, 6) is 0.177. The average Bonchev–Trinajstić information content (AvgIpc) is 2.66. The number of aliphatic imine (C=N–C) groups is 1. The van der Waals surface area contributed by atoms with E-state index >= 15 is 0 Å². The van der Waals surface area contributed by atoms with Crippen LogP contribution in [0.2, 0.25) is 0 Å². The number of hydrogen-bond donors (Lipinski definition) is 0. The molecule has 0 radical (unpaired) electrons. The van der Waals surface area contributed by atoms with E-state index in [1.54, 1.807) is 18.2 Å². The van der Waals surface area contributed by atoms with Crippen LogP contribution in [0.5, 0.6) is 0 Å². The van der Waals surface area contributed by atoms with E-state index in [9.17, 15) is 18.5 Å². The smallest absolute Gasteiger partial charge is 0.278 e. The van der Waals surface area contributed by atoms with Crippen LogP contribution >= 0.6 is 0 Å². The monoisotopic (exact) mass is 268 g/mol.